The van der Waals surface area contributed by atoms with Crippen LogP contribution in [-0.2, 0) is 14.8 Å². The number of methoxy groups -OCH3 is 1. The van der Waals surface area contributed by atoms with E-state index in [1.54, 1.807) is 18.2 Å². The Bertz CT molecular complexity index is 892. The fourth-order valence-electron chi connectivity index (χ4n) is 2.27. The first-order valence-corrected chi connectivity index (χ1v) is 10.2. The van der Waals surface area contributed by atoms with E-state index in [2.05, 4.69) is 0 Å². The lowest BCUT2D eigenvalue weighted by Gasteiger charge is -2.22. The van der Waals surface area contributed by atoms with Crippen molar-refractivity contribution >= 4 is 33.2 Å². The maximum absolute atomic E-state index is 12.9. The summed E-state index contributed by atoms with van der Waals surface area (Å²) in [6.07, 6.45) is 0. The molecule has 0 atom stereocenters. The summed E-state index contributed by atoms with van der Waals surface area (Å²) in [5.41, 5.74) is 0.383. The molecule has 0 saturated carbocycles. The molecule has 0 aromatic heterocycles. The maximum Gasteiger partial charge on any atom is 0.243 e. The molecule has 0 unspecified atom stereocenters. The van der Waals surface area contributed by atoms with E-state index in [9.17, 15) is 8.42 Å². The molecular formula is C18H18Cl2N2O4S. The summed E-state index contributed by atoms with van der Waals surface area (Å²) in [7, 11) is -2.28. The number of hydrogen-bond acceptors (Lipinski definition) is 5. The van der Waals surface area contributed by atoms with E-state index in [0.29, 0.717) is 21.4 Å². The first kappa shape index (κ1) is 21.5. The minimum absolute atomic E-state index is 0.0582. The third-order valence-corrected chi connectivity index (χ3v) is 6.18. The number of hydrogen-bond donors (Lipinski definition) is 0. The fourth-order valence-corrected chi connectivity index (χ4v) is 4.18. The number of halogens is 2. The van der Waals surface area contributed by atoms with Crippen molar-refractivity contribution in [3.63, 3.8) is 0 Å². The summed E-state index contributed by atoms with van der Waals surface area (Å²) < 4.78 is 37.6. The predicted molar refractivity (Wildman–Crippen MR) is 104 cm³/mol. The minimum Gasteiger partial charge on any atom is -0.489 e. The number of sulfonamides is 1. The van der Waals surface area contributed by atoms with Crippen LogP contribution in [0.2, 0.25) is 10.0 Å². The van der Waals surface area contributed by atoms with E-state index in [4.69, 9.17) is 37.9 Å². The van der Waals surface area contributed by atoms with E-state index < -0.39 is 10.0 Å². The van der Waals surface area contributed by atoms with Crippen LogP contribution in [0.25, 0.3) is 0 Å². The molecule has 0 saturated heterocycles. The first-order valence-electron chi connectivity index (χ1n) is 7.96. The standard InChI is InChI=1S/C18H18Cl2N2O4S/c1-25-11-9-22(10-12-26-18-16(19)3-2-4-17(18)20)27(23,24)15-7-5-14(13-21)6-8-15/h2-8H,9-12H2,1H3. The Hall–Kier alpha value is -1.82. The molecular weight excluding hydrogens is 411 g/mol. The second kappa shape index (κ2) is 9.93. The van der Waals surface area contributed by atoms with E-state index in [1.807, 2.05) is 6.07 Å². The van der Waals surface area contributed by atoms with Gasteiger partial charge in [0.2, 0.25) is 10.0 Å². The molecule has 0 fully saturated rings. The minimum atomic E-state index is -3.78. The highest BCUT2D eigenvalue weighted by molar-refractivity contribution is 7.89. The Balaban J connectivity index is 2.15. The number of para-hydroxylation sites is 1. The van der Waals surface area contributed by atoms with Crippen LogP contribution in [0.5, 0.6) is 5.75 Å². The average Bonchev–Trinajstić information content (AvgIpc) is 2.66. The van der Waals surface area contributed by atoms with Crippen LogP contribution in [0.15, 0.2) is 47.4 Å². The molecule has 2 aromatic carbocycles. The summed E-state index contributed by atoms with van der Waals surface area (Å²) >= 11 is 12.1. The van der Waals surface area contributed by atoms with Gasteiger partial charge in [-0.3, -0.25) is 0 Å². The van der Waals surface area contributed by atoms with Crippen LogP contribution in [-0.4, -0.2) is 46.1 Å². The molecule has 0 radical (unpaired) electrons. The van der Waals surface area contributed by atoms with Crippen molar-refractivity contribution in [1.82, 2.24) is 4.31 Å². The Morgan fingerprint density at radius 2 is 1.63 bits per heavy atom. The maximum atomic E-state index is 12.9. The highest BCUT2D eigenvalue weighted by Gasteiger charge is 2.24. The molecule has 0 amide bonds. The molecule has 0 N–H and O–H groups in total. The van der Waals surface area contributed by atoms with Gasteiger partial charge < -0.3 is 9.47 Å². The SMILES string of the molecule is COCCN(CCOc1c(Cl)cccc1Cl)S(=O)(=O)c1ccc(C#N)cc1. The van der Waals surface area contributed by atoms with E-state index in [1.165, 1.54) is 35.7 Å². The Morgan fingerprint density at radius 3 is 2.19 bits per heavy atom. The second-order valence-electron chi connectivity index (χ2n) is 5.43. The summed E-state index contributed by atoms with van der Waals surface area (Å²) in [4.78, 5) is 0.0911. The van der Waals surface area contributed by atoms with Gasteiger partial charge in [0.25, 0.3) is 0 Å². The Kier molecular flexibility index (Phi) is 7.90. The van der Waals surface area contributed by atoms with Gasteiger partial charge in [0.05, 0.1) is 33.2 Å². The van der Waals surface area contributed by atoms with Crippen LogP contribution >= 0.6 is 23.2 Å². The van der Waals surface area contributed by atoms with Crippen molar-refractivity contribution in [2.24, 2.45) is 0 Å². The lowest BCUT2D eigenvalue weighted by atomic mass is 10.2. The summed E-state index contributed by atoms with van der Waals surface area (Å²) in [6.45, 7) is 0.511. The first-order chi connectivity index (χ1) is 12.9. The van der Waals surface area contributed by atoms with Gasteiger partial charge in [0.1, 0.15) is 6.61 Å². The molecule has 0 heterocycles. The molecule has 0 aliphatic heterocycles. The van der Waals surface area contributed by atoms with Crippen LogP contribution in [0.3, 0.4) is 0 Å². The number of nitrogens with zero attached hydrogens (tertiary/aromatic N) is 2. The van der Waals surface area contributed by atoms with Crippen molar-refractivity contribution in [2.45, 2.75) is 4.90 Å². The van der Waals surface area contributed by atoms with Crippen molar-refractivity contribution in [3.05, 3.63) is 58.1 Å². The zero-order valence-corrected chi connectivity index (χ0v) is 16.9. The average molecular weight is 429 g/mol. The Morgan fingerprint density at radius 1 is 1.04 bits per heavy atom. The predicted octanol–water partition coefficient (Wildman–Crippen LogP) is 3.58. The van der Waals surface area contributed by atoms with Gasteiger partial charge in [-0.1, -0.05) is 29.3 Å². The molecule has 9 heteroatoms. The fraction of sp³-hybridized carbons (Fsp3) is 0.278. The van der Waals surface area contributed by atoms with Crippen molar-refractivity contribution in [1.29, 1.82) is 5.26 Å². The number of nitriles is 1. The lowest BCUT2D eigenvalue weighted by Crippen LogP contribution is -2.37. The van der Waals surface area contributed by atoms with Crippen molar-refractivity contribution in [3.8, 4) is 11.8 Å². The molecule has 0 spiro atoms. The summed E-state index contributed by atoms with van der Waals surface area (Å²) in [5.74, 6) is 0.309. The van der Waals surface area contributed by atoms with Gasteiger partial charge in [-0.2, -0.15) is 9.57 Å². The summed E-state index contributed by atoms with van der Waals surface area (Å²) in [5, 5.41) is 9.56. The largest absolute Gasteiger partial charge is 0.489 e. The lowest BCUT2D eigenvalue weighted by molar-refractivity contribution is 0.171. The molecule has 6 nitrogen and oxygen atoms in total. The van der Waals surface area contributed by atoms with Crippen LogP contribution in [0.4, 0.5) is 0 Å². The van der Waals surface area contributed by atoms with Gasteiger partial charge in [-0.25, -0.2) is 8.42 Å². The van der Waals surface area contributed by atoms with Crippen molar-refractivity contribution in [2.75, 3.05) is 33.4 Å². The Labute approximate surface area is 168 Å². The molecule has 144 valence electrons. The molecule has 2 rings (SSSR count). The number of rotatable bonds is 9. The number of ether oxygens (including phenoxy) is 2. The highest BCUT2D eigenvalue weighted by atomic mass is 35.5. The quantitative estimate of drug-likeness (QED) is 0.609. The molecule has 0 bridgehead atoms. The van der Waals surface area contributed by atoms with Gasteiger partial charge in [0, 0.05) is 20.2 Å². The highest BCUT2D eigenvalue weighted by Crippen LogP contribution is 2.32. The molecule has 0 aliphatic rings. The van der Waals surface area contributed by atoms with Crippen LogP contribution in [0, 0.1) is 11.3 Å². The molecule has 2 aromatic rings. The van der Waals surface area contributed by atoms with E-state index in [-0.39, 0.29) is 31.2 Å². The smallest absolute Gasteiger partial charge is 0.243 e. The monoisotopic (exact) mass is 428 g/mol. The van der Waals surface area contributed by atoms with Gasteiger partial charge in [0.15, 0.2) is 5.75 Å². The van der Waals surface area contributed by atoms with Crippen LogP contribution in [0.1, 0.15) is 5.56 Å². The zero-order valence-electron chi connectivity index (χ0n) is 14.6. The van der Waals surface area contributed by atoms with Gasteiger partial charge in [-0.05, 0) is 36.4 Å². The third-order valence-electron chi connectivity index (χ3n) is 3.67. The molecule has 27 heavy (non-hydrogen) atoms. The van der Waals surface area contributed by atoms with E-state index >= 15 is 0 Å². The van der Waals surface area contributed by atoms with Crippen LogP contribution < -0.4 is 4.74 Å². The second-order valence-corrected chi connectivity index (χ2v) is 8.18. The third kappa shape index (κ3) is 5.58. The van der Waals surface area contributed by atoms with Crippen molar-refractivity contribution < 1.29 is 17.9 Å². The van der Waals surface area contributed by atoms with Gasteiger partial charge >= 0.3 is 0 Å². The zero-order chi connectivity index (χ0) is 19.9. The number of benzene rings is 2. The topological polar surface area (TPSA) is 79.6 Å². The molecule has 0 aliphatic carbocycles. The van der Waals surface area contributed by atoms with E-state index in [0.717, 1.165) is 0 Å². The van der Waals surface area contributed by atoms with Gasteiger partial charge in [-0.15, -0.1) is 0 Å². The summed E-state index contributed by atoms with van der Waals surface area (Å²) in [6, 6.07) is 12.7. The normalized spacial score (nSPS) is 11.4.